The molecular formula is C24H25NO3. The van der Waals surface area contributed by atoms with Gasteiger partial charge < -0.3 is 14.8 Å². The van der Waals surface area contributed by atoms with Crippen molar-refractivity contribution in [2.24, 2.45) is 0 Å². The van der Waals surface area contributed by atoms with Gasteiger partial charge in [0.05, 0.1) is 13.2 Å². The van der Waals surface area contributed by atoms with Crippen molar-refractivity contribution in [1.29, 1.82) is 0 Å². The van der Waals surface area contributed by atoms with E-state index in [1.54, 1.807) is 0 Å². The summed E-state index contributed by atoms with van der Waals surface area (Å²) in [7, 11) is 0. The van der Waals surface area contributed by atoms with E-state index in [0.29, 0.717) is 31.8 Å². The third-order valence-corrected chi connectivity index (χ3v) is 4.23. The minimum Gasteiger partial charge on any atom is -0.490 e. The standard InChI is InChI=1S/C24H25NO3/c1-2-27-22-11-6-7-12-23(22)28-18-8-13-24(26)25-21-16-14-20(15-17-21)19-9-4-3-5-10-19/h3-7,9-12,14-17H,2,8,13,18H2,1H3,(H,25,26). The fourth-order valence-corrected chi connectivity index (χ4v) is 2.86. The van der Waals surface area contributed by atoms with Crippen LogP contribution in [0.4, 0.5) is 5.69 Å². The third kappa shape index (κ3) is 5.61. The molecule has 0 radical (unpaired) electrons. The van der Waals surface area contributed by atoms with Crippen LogP contribution in [-0.4, -0.2) is 19.1 Å². The molecular weight excluding hydrogens is 350 g/mol. The lowest BCUT2D eigenvalue weighted by atomic mass is 10.1. The molecule has 1 N–H and O–H groups in total. The fourth-order valence-electron chi connectivity index (χ4n) is 2.86. The van der Waals surface area contributed by atoms with Crippen molar-refractivity contribution in [2.45, 2.75) is 19.8 Å². The minimum absolute atomic E-state index is 0.0193. The number of nitrogens with one attached hydrogen (secondary N) is 1. The number of rotatable bonds is 9. The average Bonchev–Trinajstić information content (AvgIpc) is 2.74. The Morgan fingerprint density at radius 1 is 0.786 bits per heavy atom. The van der Waals surface area contributed by atoms with Gasteiger partial charge in [0.25, 0.3) is 0 Å². The summed E-state index contributed by atoms with van der Waals surface area (Å²) in [5.74, 6) is 1.42. The number of carbonyl (C=O) groups excluding carboxylic acids is 1. The topological polar surface area (TPSA) is 47.6 Å². The van der Waals surface area contributed by atoms with Gasteiger partial charge in [0.1, 0.15) is 0 Å². The highest BCUT2D eigenvalue weighted by atomic mass is 16.5. The van der Waals surface area contributed by atoms with E-state index in [9.17, 15) is 4.79 Å². The molecule has 0 spiro atoms. The van der Waals surface area contributed by atoms with Crippen molar-refractivity contribution in [3.8, 4) is 22.6 Å². The van der Waals surface area contributed by atoms with Gasteiger partial charge in [-0.05, 0) is 48.7 Å². The Morgan fingerprint density at radius 2 is 1.39 bits per heavy atom. The Kier molecular flexibility index (Phi) is 7.08. The number of anilines is 1. The third-order valence-electron chi connectivity index (χ3n) is 4.23. The Bertz CT molecular complexity index is 876. The molecule has 1 amide bonds. The second-order valence-corrected chi connectivity index (χ2v) is 6.32. The monoisotopic (exact) mass is 375 g/mol. The number of benzene rings is 3. The van der Waals surface area contributed by atoms with Crippen molar-refractivity contribution in [1.82, 2.24) is 0 Å². The second-order valence-electron chi connectivity index (χ2n) is 6.32. The van der Waals surface area contributed by atoms with Crippen LogP contribution >= 0.6 is 0 Å². The highest BCUT2D eigenvalue weighted by Gasteiger charge is 2.06. The second kappa shape index (κ2) is 10.2. The number of amides is 1. The van der Waals surface area contributed by atoms with E-state index in [0.717, 1.165) is 22.6 Å². The molecule has 3 aromatic rings. The number of para-hydroxylation sites is 2. The van der Waals surface area contributed by atoms with E-state index in [4.69, 9.17) is 9.47 Å². The lowest BCUT2D eigenvalue weighted by Gasteiger charge is -2.11. The van der Waals surface area contributed by atoms with Gasteiger partial charge in [-0.15, -0.1) is 0 Å². The van der Waals surface area contributed by atoms with Crippen LogP contribution < -0.4 is 14.8 Å². The van der Waals surface area contributed by atoms with Gasteiger partial charge in [-0.3, -0.25) is 4.79 Å². The highest BCUT2D eigenvalue weighted by molar-refractivity contribution is 5.90. The molecule has 0 aliphatic carbocycles. The normalized spacial score (nSPS) is 10.3. The molecule has 144 valence electrons. The van der Waals surface area contributed by atoms with Crippen molar-refractivity contribution in [3.05, 3.63) is 78.9 Å². The zero-order chi connectivity index (χ0) is 19.6. The molecule has 0 unspecified atom stereocenters. The van der Waals surface area contributed by atoms with Crippen LogP contribution in [0.1, 0.15) is 19.8 Å². The fraction of sp³-hybridized carbons (Fsp3) is 0.208. The maximum Gasteiger partial charge on any atom is 0.224 e. The molecule has 0 aliphatic heterocycles. The van der Waals surface area contributed by atoms with Gasteiger partial charge in [0, 0.05) is 12.1 Å². The Morgan fingerprint density at radius 3 is 2.07 bits per heavy atom. The summed E-state index contributed by atoms with van der Waals surface area (Å²) in [6, 6.07) is 25.6. The summed E-state index contributed by atoms with van der Waals surface area (Å²) >= 11 is 0. The SMILES string of the molecule is CCOc1ccccc1OCCCC(=O)Nc1ccc(-c2ccccc2)cc1. The molecule has 28 heavy (non-hydrogen) atoms. The summed E-state index contributed by atoms with van der Waals surface area (Å²) in [4.78, 5) is 12.2. The van der Waals surface area contributed by atoms with Crippen LogP contribution in [0.2, 0.25) is 0 Å². The van der Waals surface area contributed by atoms with E-state index >= 15 is 0 Å². The summed E-state index contributed by atoms with van der Waals surface area (Å²) < 4.78 is 11.3. The molecule has 4 heteroatoms. The van der Waals surface area contributed by atoms with Crippen LogP contribution in [-0.2, 0) is 4.79 Å². The van der Waals surface area contributed by atoms with Crippen LogP contribution in [0, 0.1) is 0 Å². The molecule has 3 aromatic carbocycles. The van der Waals surface area contributed by atoms with Gasteiger partial charge in [-0.25, -0.2) is 0 Å². The zero-order valence-electron chi connectivity index (χ0n) is 16.1. The molecule has 0 saturated heterocycles. The summed E-state index contributed by atoms with van der Waals surface area (Å²) in [5, 5.41) is 2.93. The average molecular weight is 375 g/mol. The highest BCUT2D eigenvalue weighted by Crippen LogP contribution is 2.26. The first-order valence-electron chi connectivity index (χ1n) is 9.56. The van der Waals surface area contributed by atoms with E-state index in [2.05, 4.69) is 17.4 Å². The van der Waals surface area contributed by atoms with Gasteiger partial charge in [0.2, 0.25) is 5.91 Å². The van der Waals surface area contributed by atoms with Gasteiger partial charge in [0.15, 0.2) is 11.5 Å². The van der Waals surface area contributed by atoms with Crippen molar-refractivity contribution in [3.63, 3.8) is 0 Å². The van der Waals surface area contributed by atoms with Crippen molar-refractivity contribution < 1.29 is 14.3 Å². The Balaban J connectivity index is 1.43. The van der Waals surface area contributed by atoms with Crippen LogP contribution in [0.15, 0.2) is 78.9 Å². The van der Waals surface area contributed by atoms with Gasteiger partial charge >= 0.3 is 0 Å². The molecule has 4 nitrogen and oxygen atoms in total. The molecule has 0 fully saturated rings. The molecule has 0 atom stereocenters. The zero-order valence-corrected chi connectivity index (χ0v) is 16.1. The summed E-state index contributed by atoms with van der Waals surface area (Å²) in [5.41, 5.74) is 3.08. The Labute approximate surface area is 166 Å². The quantitative estimate of drug-likeness (QED) is 0.499. The maximum atomic E-state index is 12.2. The Hall–Kier alpha value is -3.27. The van der Waals surface area contributed by atoms with Gasteiger partial charge in [-0.1, -0.05) is 54.6 Å². The first-order valence-corrected chi connectivity index (χ1v) is 9.56. The van der Waals surface area contributed by atoms with E-state index in [1.807, 2.05) is 73.7 Å². The molecule has 0 heterocycles. The predicted molar refractivity (Wildman–Crippen MR) is 113 cm³/mol. The van der Waals surface area contributed by atoms with E-state index in [1.165, 1.54) is 0 Å². The van der Waals surface area contributed by atoms with Crippen LogP contribution in [0.5, 0.6) is 11.5 Å². The largest absolute Gasteiger partial charge is 0.490 e. The molecule has 0 aliphatic rings. The van der Waals surface area contributed by atoms with E-state index in [-0.39, 0.29) is 5.91 Å². The molecule has 0 aromatic heterocycles. The van der Waals surface area contributed by atoms with Gasteiger partial charge in [-0.2, -0.15) is 0 Å². The minimum atomic E-state index is -0.0193. The van der Waals surface area contributed by atoms with Crippen molar-refractivity contribution in [2.75, 3.05) is 18.5 Å². The van der Waals surface area contributed by atoms with E-state index < -0.39 is 0 Å². The molecule has 0 bridgehead atoms. The first kappa shape index (κ1) is 19.5. The summed E-state index contributed by atoms with van der Waals surface area (Å²) in [6.07, 6.45) is 1.03. The molecule has 0 saturated carbocycles. The molecule has 3 rings (SSSR count). The smallest absolute Gasteiger partial charge is 0.224 e. The first-order chi connectivity index (χ1) is 13.8. The number of hydrogen-bond acceptors (Lipinski definition) is 3. The van der Waals surface area contributed by atoms with Crippen molar-refractivity contribution >= 4 is 11.6 Å². The maximum absolute atomic E-state index is 12.2. The lowest BCUT2D eigenvalue weighted by Crippen LogP contribution is -2.12. The van der Waals surface area contributed by atoms with Crippen LogP contribution in [0.25, 0.3) is 11.1 Å². The number of carbonyl (C=O) groups is 1. The number of hydrogen-bond donors (Lipinski definition) is 1. The number of ether oxygens (including phenoxy) is 2. The summed E-state index contributed by atoms with van der Waals surface area (Å²) in [6.45, 7) is 2.99. The lowest BCUT2D eigenvalue weighted by molar-refractivity contribution is -0.116. The predicted octanol–water partition coefficient (Wildman–Crippen LogP) is 5.55. The van der Waals surface area contributed by atoms with Crippen LogP contribution in [0.3, 0.4) is 0 Å².